The number of carbonyl (C=O) groups excluding carboxylic acids is 1. The Morgan fingerprint density at radius 2 is 1.22 bits per heavy atom. The molecule has 0 amide bonds. The fraction of sp³-hybridized carbons (Fsp3) is 0.958. The zero-order valence-electron chi connectivity index (χ0n) is 18.6. The second kappa shape index (κ2) is 16.4. The number of piperidine rings is 1. The van der Waals surface area contributed by atoms with Gasteiger partial charge in [0, 0.05) is 6.42 Å². The number of quaternary nitrogens is 1. The Labute approximate surface area is 169 Å². The van der Waals surface area contributed by atoms with Gasteiger partial charge in [-0.2, -0.15) is 0 Å². The number of nitrogens with zero attached hydrogens (tertiary/aromatic N) is 1. The van der Waals surface area contributed by atoms with Gasteiger partial charge in [0.05, 0.1) is 20.1 Å². The van der Waals surface area contributed by atoms with E-state index in [1.807, 2.05) is 0 Å². The third-order valence-corrected chi connectivity index (χ3v) is 6.27. The summed E-state index contributed by atoms with van der Waals surface area (Å²) >= 11 is 0. The predicted molar refractivity (Wildman–Crippen MR) is 116 cm³/mol. The minimum Gasteiger partial charge on any atom is -0.460 e. The highest BCUT2D eigenvalue weighted by Gasteiger charge is 2.24. The van der Waals surface area contributed by atoms with Crippen molar-refractivity contribution < 1.29 is 14.0 Å². The molecule has 0 aliphatic carbocycles. The number of unbranched alkanes of at least 4 members (excludes halogenated alkanes) is 12. The topological polar surface area (TPSA) is 26.3 Å². The van der Waals surface area contributed by atoms with Crippen LogP contribution in [-0.4, -0.2) is 43.7 Å². The van der Waals surface area contributed by atoms with Crippen molar-refractivity contribution in [2.45, 2.75) is 116 Å². The Bertz CT molecular complexity index is 350. The van der Waals surface area contributed by atoms with Gasteiger partial charge in [-0.25, -0.2) is 0 Å². The molecule has 1 heterocycles. The molecule has 0 radical (unpaired) electrons. The summed E-state index contributed by atoms with van der Waals surface area (Å²) in [6.07, 6.45) is 22.1. The molecular weight excluding hydrogens is 334 g/mol. The van der Waals surface area contributed by atoms with Crippen LogP contribution in [-0.2, 0) is 9.53 Å². The largest absolute Gasteiger partial charge is 0.460 e. The van der Waals surface area contributed by atoms with Crippen LogP contribution < -0.4 is 0 Å². The van der Waals surface area contributed by atoms with Gasteiger partial charge in [0.1, 0.15) is 13.2 Å². The SMILES string of the molecule is CCCCCCCCCCCCCCCC(=O)OCC[N+]1(C)CCCCC1. The Morgan fingerprint density at radius 3 is 1.74 bits per heavy atom. The van der Waals surface area contributed by atoms with Crippen LogP contribution in [0.2, 0.25) is 0 Å². The summed E-state index contributed by atoms with van der Waals surface area (Å²) in [5, 5.41) is 0. The van der Waals surface area contributed by atoms with E-state index >= 15 is 0 Å². The van der Waals surface area contributed by atoms with Crippen molar-refractivity contribution in [3.8, 4) is 0 Å². The molecule has 1 fully saturated rings. The van der Waals surface area contributed by atoms with E-state index in [2.05, 4.69) is 14.0 Å². The first-order valence-electron chi connectivity index (χ1n) is 12.2. The lowest BCUT2D eigenvalue weighted by atomic mass is 10.0. The molecule has 0 N–H and O–H groups in total. The molecule has 0 aromatic carbocycles. The van der Waals surface area contributed by atoms with E-state index in [4.69, 9.17) is 4.74 Å². The summed E-state index contributed by atoms with van der Waals surface area (Å²) in [5.74, 6) is 0.0154. The van der Waals surface area contributed by atoms with Crippen LogP contribution in [0.4, 0.5) is 0 Å². The van der Waals surface area contributed by atoms with Crippen molar-refractivity contribution in [3.05, 3.63) is 0 Å². The van der Waals surface area contributed by atoms with Crippen LogP contribution in [0.5, 0.6) is 0 Å². The van der Waals surface area contributed by atoms with Crippen molar-refractivity contribution in [3.63, 3.8) is 0 Å². The zero-order chi connectivity index (χ0) is 19.6. The lowest BCUT2D eigenvalue weighted by molar-refractivity contribution is -0.914. The van der Waals surface area contributed by atoms with Crippen LogP contribution >= 0.6 is 0 Å². The number of likely N-dealkylation sites (N-methyl/N-ethyl adjacent to an activating group) is 1. The smallest absolute Gasteiger partial charge is 0.305 e. The minimum absolute atomic E-state index is 0.0154. The second-order valence-corrected chi connectivity index (χ2v) is 9.06. The molecule has 0 aromatic rings. The third-order valence-electron chi connectivity index (χ3n) is 6.27. The fourth-order valence-electron chi connectivity index (χ4n) is 4.24. The van der Waals surface area contributed by atoms with E-state index in [0.29, 0.717) is 13.0 Å². The van der Waals surface area contributed by atoms with Gasteiger partial charge in [-0.15, -0.1) is 0 Å². The first-order chi connectivity index (χ1) is 13.2. The summed E-state index contributed by atoms with van der Waals surface area (Å²) in [4.78, 5) is 11.9. The normalized spacial score (nSPS) is 16.4. The average molecular weight is 383 g/mol. The van der Waals surface area contributed by atoms with E-state index < -0.39 is 0 Å². The first-order valence-corrected chi connectivity index (χ1v) is 12.2. The summed E-state index contributed by atoms with van der Waals surface area (Å²) in [6, 6.07) is 0. The standard InChI is InChI=1S/C24H48NO2/c1-3-4-5-6-7-8-9-10-11-12-13-14-16-19-24(26)27-23-22-25(2)20-17-15-18-21-25/h3-23H2,1-2H3/q+1. The molecule has 27 heavy (non-hydrogen) atoms. The molecule has 1 saturated heterocycles. The molecule has 0 atom stereocenters. The predicted octanol–water partition coefficient (Wildman–Crippen LogP) is 6.64. The van der Waals surface area contributed by atoms with E-state index in [0.717, 1.165) is 17.4 Å². The number of carbonyl (C=O) groups is 1. The van der Waals surface area contributed by atoms with E-state index in [1.165, 1.54) is 109 Å². The van der Waals surface area contributed by atoms with E-state index in [-0.39, 0.29) is 5.97 Å². The maximum atomic E-state index is 11.9. The number of likely N-dealkylation sites (tertiary alicyclic amines) is 1. The zero-order valence-corrected chi connectivity index (χ0v) is 18.6. The monoisotopic (exact) mass is 382 g/mol. The van der Waals surface area contributed by atoms with Gasteiger partial charge < -0.3 is 9.22 Å². The highest BCUT2D eigenvalue weighted by Crippen LogP contribution is 2.16. The quantitative estimate of drug-likeness (QED) is 0.160. The van der Waals surface area contributed by atoms with Crippen molar-refractivity contribution in [1.82, 2.24) is 0 Å². The summed E-state index contributed by atoms with van der Waals surface area (Å²) < 4.78 is 6.55. The van der Waals surface area contributed by atoms with Crippen LogP contribution in [0.1, 0.15) is 116 Å². The van der Waals surface area contributed by atoms with Gasteiger partial charge in [0.25, 0.3) is 0 Å². The summed E-state index contributed by atoms with van der Waals surface area (Å²) in [6.45, 7) is 6.37. The summed E-state index contributed by atoms with van der Waals surface area (Å²) in [7, 11) is 2.31. The molecule has 3 nitrogen and oxygen atoms in total. The molecule has 1 aliphatic rings. The number of hydrogen-bond acceptors (Lipinski definition) is 2. The maximum absolute atomic E-state index is 11.9. The molecule has 0 spiro atoms. The van der Waals surface area contributed by atoms with E-state index in [1.54, 1.807) is 0 Å². The van der Waals surface area contributed by atoms with Gasteiger partial charge in [-0.3, -0.25) is 4.79 Å². The maximum Gasteiger partial charge on any atom is 0.305 e. The molecule has 0 aromatic heterocycles. The Morgan fingerprint density at radius 1 is 0.741 bits per heavy atom. The van der Waals surface area contributed by atoms with Crippen LogP contribution in [0.3, 0.4) is 0 Å². The number of rotatable bonds is 17. The first kappa shape index (κ1) is 24.5. The van der Waals surface area contributed by atoms with Gasteiger partial charge in [0.2, 0.25) is 0 Å². The fourth-order valence-corrected chi connectivity index (χ4v) is 4.24. The second-order valence-electron chi connectivity index (χ2n) is 9.06. The van der Waals surface area contributed by atoms with Gasteiger partial charge >= 0.3 is 5.97 Å². The van der Waals surface area contributed by atoms with Crippen LogP contribution in [0, 0.1) is 0 Å². The van der Waals surface area contributed by atoms with Crippen molar-refractivity contribution in [2.24, 2.45) is 0 Å². The summed E-state index contributed by atoms with van der Waals surface area (Å²) in [5.41, 5.74) is 0. The number of esters is 1. The highest BCUT2D eigenvalue weighted by molar-refractivity contribution is 5.69. The Kier molecular flexibility index (Phi) is 14.9. The van der Waals surface area contributed by atoms with Crippen LogP contribution in [0.15, 0.2) is 0 Å². The molecule has 3 heteroatoms. The lowest BCUT2D eigenvalue weighted by Gasteiger charge is -2.37. The van der Waals surface area contributed by atoms with Crippen molar-refractivity contribution in [1.29, 1.82) is 0 Å². The van der Waals surface area contributed by atoms with Gasteiger partial charge in [-0.05, 0) is 25.7 Å². The molecule has 0 saturated carbocycles. The van der Waals surface area contributed by atoms with E-state index in [9.17, 15) is 4.79 Å². The minimum atomic E-state index is 0.0154. The molecule has 160 valence electrons. The molecule has 1 rings (SSSR count). The Balaban J connectivity index is 1.80. The number of ether oxygens (including phenoxy) is 1. The van der Waals surface area contributed by atoms with Crippen molar-refractivity contribution in [2.75, 3.05) is 33.3 Å². The highest BCUT2D eigenvalue weighted by atomic mass is 16.5. The van der Waals surface area contributed by atoms with Gasteiger partial charge in [-0.1, -0.05) is 84.0 Å². The lowest BCUT2D eigenvalue weighted by Crippen LogP contribution is -2.49. The molecule has 1 aliphatic heterocycles. The van der Waals surface area contributed by atoms with Gasteiger partial charge in [0.15, 0.2) is 0 Å². The average Bonchev–Trinajstić information content (AvgIpc) is 2.66. The molecule has 0 bridgehead atoms. The Hall–Kier alpha value is -0.570. The molecular formula is C24H48NO2+. The third kappa shape index (κ3) is 14.1. The van der Waals surface area contributed by atoms with Crippen LogP contribution in [0.25, 0.3) is 0 Å². The van der Waals surface area contributed by atoms with Crippen molar-refractivity contribution >= 4 is 5.97 Å². The number of hydrogen-bond donors (Lipinski definition) is 0. The molecule has 0 unspecified atom stereocenters.